The molecule has 0 saturated carbocycles. The first-order valence-corrected chi connectivity index (χ1v) is 5.98. The molecule has 0 aliphatic rings. The predicted molar refractivity (Wildman–Crippen MR) is 58.9 cm³/mol. The van der Waals surface area contributed by atoms with E-state index in [1.54, 1.807) is 11.8 Å². The second kappa shape index (κ2) is 8.38. The standard InChI is InChI=1S/C9H20N2OS/c1-3-5-6-11-9(12)8(10)7-13-4-2/h8H,3-7,10H2,1-2H3,(H,11,12)/t8-/m0/s1. The van der Waals surface area contributed by atoms with Crippen molar-refractivity contribution in [2.45, 2.75) is 32.7 Å². The van der Waals surface area contributed by atoms with Crippen LogP contribution >= 0.6 is 11.8 Å². The predicted octanol–water partition coefficient (Wildman–Crippen LogP) is 0.983. The fourth-order valence-electron chi connectivity index (χ4n) is 0.840. The topological polar surface area (TPSA) is 55.1 Å². The Balaban J connectivity index is 3.45. The fourth-order valence-corrected chi connectivity index (χ4v) is 1.48. The van der Waals surface area contributed by atoms with Crippen molar-refractivity contribution in [1.82, 2.24) is 5.32 Å². The van der Waals surface area contributed by atoms with Crippen LogP contribution in [-0.4, -0.2) is 30.0 Å². The van der Waals surface area contributed by atoms with E-state index in [9.17, 15) is 4.79 Å². The third-order valence-corrected chi connectivity index (χ3v) is 2.67. The summed E-state index contributed by atoms with van der Waals surface area (Å²) in [6, 6.07) is -0.346. The molecule has 0 unspecified atom stereocenters. The molecule has 0 rings (SSSR count). The molecule has 78 valence electrons. The first-order chi connectivity index (χ1) is 6.22. The fraction of sp³-hybridized carbons (Fsp3) is 0.889. The zero-order valence-electron chi connectivity index (χ0n) is 8.51. The highest BCUT2D eigenvalue weighted by Gasteiger charge is 2.11. The number of hydrogen-bond donors (Lipinski definition) is 2. The smallest absolute Gasteiger partial charge is 0.237 e. The van der Waals surface area contributed by atoms with Gasteiger partial charge in [0.2, 0.25) is 5.91 Å². The zero-order valence-corrected chi connectivity index (χ0v) is 9.32. The average molecular weight is 204 g/mol. The van der Waals surface area contributed by atoms with E-state index in [2.05, 4.69) is 19.2 Å². The van der Waals surface area contributed by atoms with Crippen LogP contribution in [0.3, 0.4) is 0 Å². The van der Waals surface area contributed by atoms with E-state index in [0.29, 0.717) is 5.75 Å². The van der Waals surface area contributed by atoms with Gasteiger partial charge in [0, 0.05) is 12.3 Å². The largest absolute Gasteiger partial charge is 0.355 e. The molecule has 1 amide bonds. The highest BCUT2D eigenvalue weighted by molar-refractivity contribution is 7.99. The molecule has 0 saturated heterocycles. The zero-order chi connectivity index (χ0) is 10.1. The molecule has 0 aliphatic carbocycles. The van der Waals surface area contributed by atoms with Crippen molar-refractivity contribution in [3.8, 4) is 0 Å². The number of carbonyl (C=O) groups is 1. The Hall–Kier alpha value is -0.220. The molecule has 0 aliphatic heterocycles. The first-order valence-electron chi connectivity index (χ1n) is 4.83. The lowest BCUT2D eigenvalue weighted by atomic mass is 10.3. The van der Waals surface area contributed by atoms with Crippen molar-refractivity contribution in [3.63, 3.8) is 0 Å². The van der Waals surface area contributed by atoms with E-state index in [4.69, 9.17) is 5.73 Å². The third kappa shape index (κ3) is 6.90. The number of nitrogens with two attached hydrogens (primary N) is 1. The van der Waals surface area contributed by atoms with E-state index in [1.807, 2.05) is 0 Å². The number of nitrogens with one attached hydrogen (secondary N) is 1. The van der Waals surface area contributed by atoms with Crippen molar-refractivity contribution in [2.75, 3.05) is 18.1 Å². The molecule has 4 heteroatoms. The van der Waals surface area contributed by atoms with Gasteiger partial charge in [-0.2, -0.15) is 11.8 Å². The number of rotatable bonds is 7. The van der Waals surface area contributed by atoms with Gasteiger partial charge < -0.3 is 11.1 Å². The quantitative estimate of drug-likeness (QED) is 0.608. The molecule has 0 aromatic heterocycles. The summed E-state index contributed by atoms with van der Waals surface area (Å²) in [5.74, 6) is 1.71. The third-order valence-electron chi connectivity index (χ3n) is 1.67. The van der Waals surface area contributed by atoms with Crippen LogP contribution in [0.15, 0.2) is 0 Å². The molecular weight excluding hydrogens is 184 g/mol. The Morgan fingerprint density at radius 1 is 1.54 bits per heavy atom. The minimum atomic E-state index is -0.346. The highest BCUT2D eigenvalue weighted by atomic mass is 32.2. The number of hydrogen-bond acceptors (Lipinski definition) is 3. The molecule has 1 atom stereocenters. The summed E-state index contributed by atoms with van der Waals surface area (Å²) < 4.78 is 0. The maximum atomic E-state index is 11.3. The summed E-state index contributed by atoms with van der Waals surface area (Å²) in [7, 11) is 0. The SMILES string of the molecule is CCCCNC(=O)[C@@H](N)CSCC. The average Bonchev–Trinajstić information content (AvgIpc) is 2.14. The molecule has 3 nitrogen and oxygen atoms in total. The molecule has 0 bridgehead atoms. The number of unbranched alkanes of at least 4 members (excludes halogenated alkanes) is 1. The normalized spacial score (nSPS) is 12.5. The minimum Gasteiger partial charge on any atom is -0.355 e. The van der Waals surface area contributed by atoms with Gasteiger partial charge in [-0.3, -0.25) is 4.79 Å². The molecule has 0 fully saturated rings. The summed E-state index contributed by atoms with van der Waals surface area (Å²) in [5, 5.41) is 2.81. The second-order valence-corrected chi connectivity index (χ2v) is 4.23. The highest BCUT2D eigenvalue weighted by Crippen LogP contribution is 1.99. The molecule has 3 N–H and O–H groups in total. The van der Waals surface area contributed by atoms with Gasteiger partial charge in [-0.1, -0.05) is 20.3 Å². The van der Waals surface area contributed by atoms with Gasteiger partial charge in [0.1, 0.15) is 0 Å². The molecule has 0 spiro atoms. The van der Waals surface area contributed by atoms with Crippen molar-refractivity contribution >= 4 is 17.7 Å². The van der Waals surface area contributed by atoms with E-state index in [0.717, 1.165) is 25.1 Å². The molecule has 0 radical (unpaired) electrons. The maximum Gasteiger partial charge on any atom is 0.237 e. The van der Waals surface area contributed by atoms with Crippen LogP contribution in [0.4, 0.5) is 0 Å². The maximum absolute atomic E-state index is 11.3. The van der Waals surface area contributed by atoms with Crippen LogP contribution in [0, 0.1) is 0 Å². The Bertz CT molecular complexity index is 142. The second-order valence-electron chi connectivity index (χ2n) is 2.91. The summed E-state index contributed by atoms with van der Waals surface area (Å²) in [6.45, 7) is 4.91. The van der Waals surface area contributed by atoms with Gasteiger partial charge in [0.15, 0.2) is 0 Å². The van der Waals surface area contributed by atoms with Gasteiger partial charge in [0.05, 0.1) is 6.04 Å². The van der Waals surface area contributed by atoms with Crippen molar-refractivity contribution < 1.29 is 4.79 Å². The number of thioether (sulfide) groups is 1. The van der Waals surface area contributed by atoms with Gasteiger partial charge in [0.25, 0.3) is 0 Å². The Morgan fingerprint density at radius 3 is 2.77 bits per heavy atom. The minimum absolute atomic E-state index is 0.0191. The first kappa shape index (κ1) is 12.8. The van der Waals surface area contributed by atoms with Gasteiger partial charge >= 0.3 is 0 Å². The van der Waals surface area contributed by atoms with Crippen LogP contribution in [0.25, 0.3) is 0 Å². The van der Waals surface area contributed by atoms with Crippen LogP contribution in [0.1, 0.15) is 26.7 Å². The van der Waals surface area contributed by atoms with Gasteiger partial charge in [-0.05, 0) is 12.2 Å². The summed E-state index contributed by atoms with van der Waals surface area (Å²) in [4.78, 5) is 11.3. The van der Waals surface area contributed by atoms with E-state index in [1.165, 1.54) is 0 Å². The van der Waals surface area contributed by atoms with Crippen molar-refractivity contribution in [1.29, 1.82) is 0 Å². The van der Waals surface area contributed by atoms with Crippen LogP contribution in [0.5, 0.6) is 0 Å². The lowest BCUT2D eigenvalue weighted by Crippen LogP contribution is -2.42. The molecule has 0 aromatic carbocycles. The summed E-state index contributed by atoms with van der Waals surface area (Å²) in [6.07, 6.45) is 2.12. The van der Waals surface area contributed by atoms with E-state index < -0.39 is 0 Å². The monoisotopic (exact) mass is 204 g/mol. The van der Waals surface area contributed by atoms with Crippen LogP contribution in [0.2, 0.25) is 0 Å². The molecule has 0 aromatic rings. The van der Waals surface area contributed by atoms with Gasteiger partial charge in [-0.25, -0.2) is 0 Å². The molecular formula is C9H20N2OS. The van der Waals surface area contributed by atoms with Gasteiger partial charge in [-0.15, -0.1) is 0 Å². The van der Waals surface area contributed by atoms with E-state index >= 15 is 0 Å². The molecule has 0 heterocycles. The summed E-state index contributed by atoms with van der Waals surface area (Å²) in [5.41, 5.74) is 5.65. The summed E-state index contributed by atoms with van der Waals surface area (Å²) >= 11 is 1.70. The number of carbonyl (C=O) groups excluding carboxylic acids is 1. The Kier molecular flexibility index (Phi) is 8.24. The van der Waals surface area contributed by atoms with Crippen LogP contribution in [-0.2, 0) is 4.79 Å². The van der Waals surface area contributed by atoms with Crippen molar-refractivity contribution in [2.24, 2.45) is 5.73 Å². The van der Waals surface area contributed by atoms with Crippen molar-refractivity contribution in [3.05, 3.63) is 0 Å². The van der Waals surface area contributed by atoms with E-state index in [-0.39, 0.29) is 11.9 Å². The number of amides is 1. The Labute approximate surface area is 84.8 Å². The lowest BCUT2D eigenvalue weighted by molar-refractivity contribution is -0.121. The van der Waals surface area contributed by atoms with Crippen LogP contribution < -0.4 is 11.1 Å². The lowest BCUT2D eigenvalue weighted by Gasteiger charge is -2.10. The Morgan fingerprint density at radius 2 is 2.23 bits per heavy atom. The molecule has 13 heavy (non-hydrogen) atoms.